The molecular weight excluding hydrogens is 692 g/mol. The fourth-order valence-electron chi connectivity index (χ4n) is 6.31. The summed E-state index contributed by atoms with van der Waals surface area (Å²) >= 11 is 11.2. The number of halogens is 1. The fraction of sp³-hybridized carbons (Fsp3) is 0.382. The molecule has 2 aromatic carbocycles. The second-order valence-corrected chi connectivity index (χ2v) is 16.8. The van der Waals surface area contributed by atoms with E-state index in [1.54, 1.807) is 6.07 Å². The van der Waals surface area contributed by atoms with Crippen LogP contribution in [0.15, 0.2) is 77.5 Å². The Labute approximate surface area is 293 Å². The van der Waals surface area contributed by atoms with Gasteiger partial charge in [0.1, 0.15) is 6.54 Å². The molecule has 0 atom stereocenters. The third kappa shape index (κ3) is 8.58. The first-order chi connectivity index (χ1) is 22.4. The van der Waals surface area contributed by atoms with Gasteiger partial charge >= 0.3 is 0 Å². The quantitative estimate of drug-likeness (QED) is 0.0605. The molecule has 4 rings (SSSR count). The highest BCUT2D eigenvalue weighted by Crippen LogP contribution is 2.48. The Morgan fingerprint density at radius 1 is 1.02 bits per heavy atom. The molecule has 0 aromatic heterocycles. The Morgan fingerprint density at radius 2 is 1.75 bits per heavy atom. The van der Waals surface area contributed by atoms with Crippen LogP contribution in [-0.2, 0) is 35.8 Å². The molecule has 0 radical (unpaired) electrons. The van der Waals surface area contributed by atoms with E-state index in [1.807, 2.05) is 70.3 Å². The number of fused-ring (bicyclic) bond motifs is 2. The Balaban J connectivity index is 1.66. The molecule has 2 N–H and O–H groups in total. The van der Waals surface area contributed by atoms with E-state index in [4.69, 9.17) is 23.8 Å². The number of nitrogens with one attached hydrogen (secondary N) is 1. The number of isothiocyanates is 1. The number of unbranched alkanes of at least 4 members (excludes halogenated alkanes) is 1. The average molecular weight is 732 g/mol. The lowest BCUT2D eigenvalue weighted by atomic mass is 9.81. The number of amides is 1. The van der Waals surface area contributed by atoms with Gasteiger partial charge in [-0.3, -0.25) is 14.1 Å². The van der Waals surface area contributed by atoms with Crippen molar-refractivity contribution in [1.29, 1.82) is 0 Å². The zero-order valence-corrected chi connectivity index (χ0v) is 30.7. The summed E-state index contributed by atoms with van der Waals surface area (Å²) < 4.78 is 61.0. The molecule has 14 heteroatoms. The predicted octanol–water partition coefficient (Wildman–Crippen LogP) is 6.38. The van der Waals surface area contributed by atoms with Gasteiger partial charge in [0.15, 0.2) is 5.71 Å². The van der Waals surface area contributed by atoms with Crippen LogP contribution in [0.25, 0.3) is 0 Å². The van der Waals surface area contributed by atoms with E-state index in [2.05, 4.69) is 42.4 Å². The van der Waals surface area contributed by atoms with Gasteiger partial charge in [0.25, 0.3) is 10.1 Å². The van der Waals surface area contributed by atoms with Crippen LogP contribution in [-0.4, -0.2) is 67.3 Å². The van der Waals surface area contributed by atoms with E-state index >= 15 is 0 Å². The number of rotatable bonds is 13. The number of hydrogen-bond donors (Lipinski definition) is 2. The van der Waals surface area contributed by atoms with Crippen LogP contribution in [0.1, 0.15) is 58.6 Å². The van der Waals surface area contributed by atoms with Gasteiger partial charge < -0.3 is 4.90 Å². The number of thiocarbonyl (C=S) groups is 1. The summed E-state index contributed by atoms with van der Waals surface area (Å²) in [6.45, 7) is 10.2. The molecule has 0 aliphatic carbocycles. The van der Waals surface area contributed by atoms with Crippen molar-refractivity contribution in [3.8, 4) is 0 Å². The van der Waals surface area contributed by atoms with Crippen molar-refractivity contribution in [2.45, 2.75) is 58.3 Å². The number of benzene rings is 2. The van der Waals surface area contributed by atoms with Crippen molar-refractivity contribution >= 4 is 77.8 Å². The monoisotopic (exact) mass is 731 g/mol. The summed E-state index contributed by atoms with van der Waals surface area (Å²) in [6, 6.07) is 11.3. The Hall–Kier alpha value is -3.45. The lowest BCUT2D eigenvalue weighted by molar-refractivity contribution is -0.438. The summed E-state index contributed by atoms with van der Waals surface area (Å²) in [4.78, 5) is 17.5. The second kappa shape index (κ2) is 14.6. The third-order valence-corrected chi connectivity index (χ3v) is 11.0. The Kier molecular flexibility index (Phi) is 11.3. The Bertz CT molecular complexity index is 2010. The summed E-state index contributed by atoms with van der Waals surface area (Å²) in [5, 5.41) is 2.99. The second-order valence-electron chi connectivity index (χ2n) is 12.8. The first kappa shape index (κ1) is 37.4. The van der Waals surface area contributed by atoms with Crippen LogP contribution < -0.4 is 9.62 Å². The normalized spacial score (nSPS) is 17.6. The van der Waals surface area contributed by atoms with Crippen molar-refractivity contribution in [1.82, 2.24) is 4.72 Å². The van der Waals surface area contributed by atoms with Crippen LogP contribution in [0.3, 0.4) is 0 Å². The van der Waals surface area contributed by atoms with Crippen molar-refractivity contribution in [2.75, 3.05) is 29.5 Å². The van der Waals surface area contributed by atoms with Crippen molar-refractivity contribution in [2.24, 2.45) is 4.99 Å². The topological polar surface area (TPSA) is 136 Å². The maximum atomic E-state index is 12.5. The molecule has 0 saturated heterocycles. The molecule has 2 aromatic rings. The van der Waals surface area contributed by atoms with E-state index in [-0.39, 0.29) is 18.1 Å². The maximum absolute atomic E-state index is 12.5. The van der Waals surface area contributed by atoms with Gasteiger partial charge in [-0.15, -0.1) is 0 Å². The van der Waals surface area contributed by atoms with Gasteiger partial charge in [-0.05, 0) is 74.5 Å². The first-order valence-corrected chi connectivity index (χ1v) is 19.4. The molecule has 0 bridgehead atoms. The highest BCUT2D eigenvalue weighted by Gasteiger charge is 2.44. The minimum Gasteiger partial charge on any atom is -0.343 e. The number of hydrogen-bond acceptors (Lipinski definition) is 8. The highest BCUT2D eigenvalue weighted by atomic mass is 35.5. The maximum Gasteiger partial charge on any atom is 0.264 e. The SMILES string of the molecule is CC(=O)NS(=O)(=O)CCN1C(=CC=CC=CC2=[N+](CCCCS(=O)(=O)O)c3ccc(N=C=S)cc3C2(C)C)C(C)(C)c2cc(Cl)ccc21. The summed E-state index contributed by atoms with van der Waals surface area (Å²) in [5.74, 6) is -1.22. The predicted molar refractivity (Wildman–Crippen MR) is 195 cm³/mol. The molecule has 256 valence electrons. The van der Waals surface area contributed by atoms with E-state index < -0.39 is 36.9 Å². The van der Waals surface area contributed by atoms with Gasteiger partial charge in [-0.1, -0.05) is 43.7 Å². The Morgan fingerprint density at radius 3 is 2.42 bits per heavy atom. The molecule has 1 amide bonds. The minimum atomic E-state index is -4.04. The molecule has 10 nitrogen and oxygen atoms in total. The van der Waals surface area contributed by atoms with E-state index in [0.717, 1.165) is 40.8 Å². The van der Waals surface area contributed by atoms with Gasteiger partial charge in [-0.25, -0.2) is 8.42 Å². The van der Waals surface area contributed by atoms with Gasteiger partial charge in [0.05, 0.1) is 27.8 Å². The van der Waals surface area contributed by atoms with E-state index in [9.17, 15) is 26.2 Å². The van der Waals surface area contributed by atoms with Crippen LogP contribution in [0.4, 0.5) is 17.1 Å². The van der Waals surface area contributed by atoms with Crippen LogP contribution in [0, 0.1) is 0 Å². The number of carbonyl (C=O) groups is 1. The first-order valence-electron chi connectivity index (χ1n) is 15.3. The number of anilines is 1. The van der Waals surface area contributed by atoms with Gasteiger partial charge in [-0.2, -0.15) is 18.0 Å². The summed E-state index contributed by atoms with van der Waals surface area (Å²) in [6.07, 6.45) is 10.6. The number of nitrogens with zero attached hydrogens (tertiary/aromatic N) is 3. The largest absolute Gasteiger partial charge is 0.343 e. The van der Waals surface area contributed by atoms with Crippen LogP contribution in [0.2, 0.25) is 5.02 Å². The number of sulfonamides is 1. The molecular formula is C34H40ClN4O6S3+. The van der Waals surface area contributed by atoms with Crippen LogP contribution in [0.5, 0.6) is 0 Å². The van der Waals surface area contributed by atoms with E-state index in [0.29, 0.717) is 30.1 Å². The average Bonchev–Trinajstić information content (AvgIpc) is 3.31. The molecule has 0 unspecified atom stereocenters. The van der Waals surface area contributed by atoms with Gasteiger partial charge in [0.2, 0.25) is 21.6 Å². The fourth-order valence-corrected chi connectivity index (χ4v) is 8.12. The molecule has 48 heavy (non-hydrogen) atoms. The zero-order valence-electron chi connectivity index (χ0n) is 27.5. The van der Waals surface area contributed by atoms with Crippen molar-refractivity contribution in [3.63, 3.8) is 0 Å². The van der Waals surface area contributed by atoms with E-state index in [1.165, 1.54) is 0 Å². The molecule has 2 heterocycles. The lowest BCUT2D eigenvalue weighted by Gasteiger charge is -2.27. The highest BCUT2D eigenvalue weighted by molar-refractivity contribution is 7.90. The van der Waals surface area contributed by atoms with Crippen molar-refractivity contribution < 1.29 is 30.8 Å². The summed E-state index contributed by atoms with van der Waals surface area (Å²) in [5.41, 5.74) is 5.49. The zero-order chi connectivity index (χ0) is 35.5. The molecule has 0 spiro atoms. The van der Waals surface area contributed by atoms with Crippen LogP contribution >= 0.6 is 23.8 Å². The smallest absolute Gasteiger partial charge is 0.264 e. The number of aliphatic imine (C=N–C) groups is 1. The van der Waals surface area contributed by atoms with Gasteiger partial charge in [0, 0.05) is 59.4 Å². The number of carbonyl (C=O) groups excluding carboxylic acids is 1. The molecule has 2 aliphatic rings. The third-order valence-electron chi connectivity index (χ3n) is 8.55. The molecule has 0 saturated carbocycles. The summed E-state index contributed by atoms with van der Waals surface area (Å²) in [7, 11) is -7.87. The molecule has 2 aliphatic heterocycles. The van der Waals surface area contributed by atoms with Crippen molar-refractivity contribution in [3.05, 3.63) is 88.6 Å². The number of allylic oxidation sites excluding steroid dienone is 6. The molecule has 0 fully saturated rings. The lowest BCUT2D eigenvalue weighted by Crippen LogP contribution is -2.36. The minimum absolute atomic E-state index is 0.127. The standard InChI is InChI=1S/C34H39ClN4O6S3/c1-24(40)37-47(41,42)20-18-39-29-15-13-25(35)21-27(29)33(2,3)32(39)12-8-6-7-11-31-34(4,5)28-22-26(36-23-46)14-16-30(28)38(31)17-9-10-19-48(43,44)45/h6-8,11-16,21-22H,9-10,17-20H2,1-5H3,(H-,37,40,43,44,45)/p+1.